The Morgan fingerprint density at radius 3 is 2.50 bits per heavy atom. The molecule has 0 heterocycles. The lowest BCUT2D eigenvalue weighted by Gasteiger charge is -2.14. The van der Waals surface area contributed by atoms with E-state index in [2.05, 4.69) is 9.78 Å². The largest absolute Gasteiger partial charge is 0.359 e. The molecule has 0 radical (unpaired) electrons. The van der Waals surface area contributed by atoms with Gasteiger partial charge in [-0.25, -0.2) is 4.79 Å². The second-order valence-electron chi connectivity index (χ2n) is 2.72. The molecule has 0 unspecified atom stereocenters. The van der Waals surface area contributed by atoms with Crippen LogP contribution in [0.25, 0.3) is 0 Å². The van der Waals surface area contributed by atoms with Crippen LogP contribution in [0, 0.1) is 5.92 Å². The first-order valence-electron chi connectivity index (χ1n) is 4.22. The molecule has 4 nitrogen and oxygen atoms in total. The van der Waals surface area contributed by atoms with Gasteiger partial charge in [0.25, 0.3) is 0 Å². The number of carbonyl (C=O) groups excluding carboxylic acids is 1. The average Bonchev–Trinajstić information content (AvgIpc) is 2.11. The van der Waals surface area contributed by atoms with Crippen LogP contribution in [0.15, 0.2) is 0 Å². The number of carbonyl (C=O) groups is 1. The third-order valence-electron chi connectivity index (χ3n) is 1.79. The molecule has 0 spiro atoms. The second-order valence-corrected chi connectivity index (χ2v) is 2.72. The van der Waals surface area contributed by atoms with Crippen molar-refractivity contribution in [3.8, 4) is 0 Å². The van der Waals surface area contributed by atoms with Crippen LogP contribution in [0.5, 0.6) is 0 Å². The van der Waals surface area contributed by atoms with Crippen LogP contribution in [0.3, 0.4) is 0 Å². The summed E-state index contributed by atoms with van der Waals surface area (Å²) in [5, 5.41) is 0. The van der Waals surface area contributed by atoms with Crippen molar-refractivity contribution < 1.29 is 14.6 Å². The number of hydrogen-bond acceptors (Lipinski definition) is 4. The third kappa shape index (κ3) is 3.69. The molecule has 0 fully saturated rings. The second kappa shape index (κ2) is 5.97. The number of nitrogens with two attached hydrogens (primary N) is 1. The minimum atomic E-state index is -0.582. The van der Waals surface area contributed by atoms with Crippen LogP contribution < -0.4 is 5.73 Å². The average molecular weight is 175 g/mol. The summed E-state index contributed by atoms with van der Waals surface area (Å²) in [5.41, 5.74) is 5.56. The van der Waals surface area contributed by atoms with Crippen molar-refractivity contribution in [2.75, 3.05) is 6.61 Å². The lowest BCUT2D eigenvalue weighted by Crippen LogP contribution is -2.38. The number of rotatable bonds is 5. The summed E-state index contributed by atoms with van der Waals surface area (Å²) in [6.07, 6.45) is 0.850. The first-order chi connectivity index (χ1) is 5.63. The molecular formula is C8H17NO3. The van der Waals surface area contributed by atoms with Crippen molar-refractivity contribution in [2.24, 2.45) is 11.7 Å². The summed E-state index contributed by atoms with van der Waals surface area (Å²) in [6, 6.07) is -0.582. The van der Waals surface area contributed by atoms with Crippen molar-refractivity contribution in [3.05, 3.63) is 0 Å². The predicted molar refractivity (Wildman–Crippen MR) is 45.1 cm³/mol. The molecule has 0 bridgehead atoms. The van der Waals surface area contributed by atoms with Gasteiger partial charge < -0.3 is 5.73 Å². The van der Waals surface area contributed by atoms with E-state index in [0.717, 1.165) is 6.42 Å². The Kier molecular flexibility index (Phi) is 5.66. The Balaban J connectivity index is 3.75. The smallest absolute Gasteiger partial charge is 0.318 e. The highest BCUT2D eigenvalue weighted by Crippen LogP contribution is 2.06. The van der Waals surface area contributed by atoms with Gasteiger partial charge in [0.1, 0.15) is 6.04 Å². The minimum Gasteiger partial charge on any atom is -0.318 e. The molecule has 4 heteroatoms. The first-order valence-corrected chi connectivity index (χ1v) is 4.22. The molecule has 0 saturated carbocycles. The zero-order chi connectivity index (χ0) is 9.56. The lowest BCUT2D eigenvalue weighted by molar-refractivity contribution is -0.271. The van der Waals surface area contributed by atoms with Crippen LogP contribution in [0.4, 0.5) is 0 Å². The van der Waals surface area contributed by atoms with Crippen LogP contribution in [-0.2, 0) is 14.6 Å². The van der Waals surface area contributed by atoms with Crippen molar-refractivity contribution in [1.82, 2.24) is 0 Å². The zero-order valence-corrected chi connectivity index (χ0v) is 7.87. The first kappa shape index (κ1) is 11.4. The van der Waals surface area contributed by atoms with Gasteiger partial charge in [-0.3, -0.25) is 4.89 Å². The maximum Gasteiger partial charge on any atom is 0.359 e. The predicted octanol–water partition coefficient (Wildman–Crippen LogP) is 0.854. The summed E-state index contributed by atoms with van der Waals surface area (Å²) >= 11 is 0. The van der Waals surface area contributed by atoms with Gasteiger partial charge in [0.15, 0.2) is 0 Å². The van der Waals surface area contributed by atoms with Crippen LogP contribution in [-0.4, -0.2) is 18.6 Å². The third-order valence-corrected chi connectivity index (χ3v) is 1.79. The topological polar surface area (TPSA) is 61.5 Å². The SMILES string of the molecule is CCOOC(=O)[C@@H](N)[C@@H](C)CC. The van der Waals surface area contributed by atoms with Gasteiger partial charge in [0.05, 0.1) is 6.61 Å². The quantitative estimate of drug-likeness (QED) is 0.497. The minimum absolute atomic E-state index is 0.123. The standard InChI is InChI=1S/C8H17NO3/c1-4-6(3)7(9)8(10)12-11-5-2/h6-7H,4-5,9H2,1-3H3/t6-,7-/m0/s1. The van der Waals surface area contributed by atoms with Gasteiger partial charge in [-0.05, 0) is 12.8 Å². The van der Waals surface area contributed by atoms with E-state index in [-0.39, 0.29) is 5.92 Å². The molecule has 0 aliphatic heterocycles. The molecule has 0 aromatic carbocycles. The Morgan fingerprint density at radius 1 is 1.50 bits per heavy atom. The summed E-state index contributed by atoms with van der Waals surface area (Å²) in [4.78, 5) is 19.9. The van der Waals surface area contributed by atoms with E-state index < -0.39 is 12.0 Å². The fourth-order valence-electron chi connectivity index (χ4n) is 0.659. The Bertz CT molecular complexity index is 138. The molecule has 0 aliphatic rings. The van der Waals surface area contributed by atoms with Crippen molar-refractivity contribution >= 4 is 5.97 Å². The summed E-state index contributed by atoms with van der Waals surface area (Å²) < 4.78 is 0. The summed E-state index contributed by atoms with van der Waals surface area (Å²) in [7, 11) is 0. The van der Waals surface area contributed by atoms with E-state index in [1.54, 1.807) is 6.92 Å². The van der Waals surface area contributed by atoms with Crippen LogP contribution in [0.1, 0.15) is 27.2 Å². The van der Waals surface area contributed by atoms with Gasteiger partial charge in [-0.2, -0.15) is 4.89 Å². The fourth-order valence-corrected chi connectivity index (χ4v) is 0.659. The molecule has 72 valence electrons. The maximum absolute atomic E-state index is 11.0. The van der Waals surface area contributed by atoms with E-state index in [1.807, 2.05) is 13.8 Å². The van der Waals surface area contributed by atoms with E-state index in [9.17, 15) is 4.79 Å². The van der Waals surface area contributed by atoms with Gasteiger partial charge in [-0.15, -0.1) is 0 Å². The van der Waals surface area contributed by atoms with Crippen LogP contribution in [0.2, 0.25) is 0 Å². The van der Waals surface area contributed by atoms with E-state index in [4.69, 9.17) is 5.73 Å². The summed E-state index contributed by atoms with van der Waals surface area (Å²) in [5.74, 6) is -0.371. The van der Waals surface area contributed by atoms with Crippen LogP contribution >= 0.6 is 0 Å². The van der Waals surface area contributed by atoms with Gasteiger partial charge >= 0.3 is 5.97 Å². The highest BCUT2D eigenvalue weighted by molar-refractivity contribution is 5.75. The summed E-state index contributed by atoms with van der Waals surface area (Å²) in [6.45, 7) is 5.96. The fraction of sp³-hybridized carbons (Fsp3) is 0.875. The normalized spacial score (nSPS) is 15.3. The molecule has 12 heavy (non-hydrogen) atoms. The molecule has 0 rings (SSSR count). The monoisotopic (exact) mass is 175 g/mol. The lowest BCUT2D eigenvalue weighted by atomic mass is 10.0. The molecule has 2 atom stereocenters. The van der Waals surface area contributed by atoms with Gasteiger partial charge in [0.2, 0.25) is 0 Å². The Morgan fingerprint density at radius 2 is 2.08 bits per heavy atom. The molecule has 0 saturated heterocycles. The Labute approximate surface area is 73.0 Å². The van der Waals surface area contributed by atoms with Crippen molar-refractivity contribution in [3.63, 3.8) is 0 Å². The molecule has 0 amide bonds. The highest BCUT2D eigenvalue weighted by Gasteiger charge is 2.21. The van der Waals surface area contributed by atoms with Crippen molar-refractivity contribution in [1.29, 1.82) is 0 Å². The maximum atomic E-state index is 11.0. The number of hydrogen-bond donors (Lipinski definition) is 1. The van der Waals surface area contributed by atoms with Gasteiger partial charge in [0, 0.05) is 0 Å². The van der Waals surface area contributed by atoms with E-state index in [0.29, 0.717) is 6.61 Å². The van der Waals surface area contributed by atoms with E-state index in [1.165, 1.54) is 0 Å². The molecule has 2 N–H and O–H groups in total. The zero-order valence-electron chi connectivity index (χ0n) is 7.87. The molecule has 0 aliphatic carbocycles. The van der Waals surface area contributed by atoms with Crippen molar-refractivity contribution in [2.45, 2.75) is 33.2 Å². The highest BCUT2D eigenvalue weighted by atomic mass is 17.2. The van der Waals surface area contributed by atoms with E-state index >= 15 is 0 Å². The Hall–Kier alpha value is -0.610. The molecule has 0 aromatic heterocycles. The van der Waals surface area contributed by atoms with Gasteiger partial charge in [-0.1, -0.05) is 20.3 Å². The molecule has 0 aromatic rings. The molecular weight excluding hydrogens is 158 g/mol.